The Morgan fingerprint density at radius 3 is 2.33 bits per heavy atom. The quantitative estimate of drug-likeness (QED) is 0.767. The summed E-state index contributed by atoms with van der Waals surface area (Å²) < 4.78 is 0. The second kappa shape index (κ2) is 7.58. The van der Waals surface area contributed by atoms with Crippen LogP contribution >= 0.6 is 0 Å². The molecule has 0 aliphatic rings. The van der Waals surface area contributed by atoms with Gasteiger partial charge in [-0.05, 0) is 51.1 Å². The van der Waals surface area contributed by atoms with Crippen LogP contribution in [0.25, 0.3) is 10.9 Å². The third-order valence-corrected chi connectivity index (χ3v) is 4.45. The van der Waals surface area contributed by atoms with E-state index >= 15 is 0 Å². The molecular weight excluding hydrogens is 338 g/mol. The van der Waals surface area contributed by atoms with E-state index in [-0.39, 0.29) is 18.4 Å². The Hall–Kier alpha value is -3.21. The van der Waals surface area contributed by atoms with Crippen molar-refractivity contribution in [2.45, 2.75) is 20.8 Å². The fourth-order valence-corrected chi connectivity index (χ4v) is 2.94. The van der Waals surface area contributed by atoms with E-state index < -0.39 is 0 Å². The number of amides is 2. The second-order valence-corrected chi connectivity index (χ2v) is 6.89. The minimum absolute atomic E-state index is 0.0298. The van der Waals surface area contributed by atoms with E-state index in [1.54, 1.807) is 7.05 Å². The Morgan fingerprint density at radius 2 is 1.63 bits per heavy atom. The van der Waals surface area contributed by atoms with Gasteiger partial charge in [-0.15, -0.1) is 0 Å². The van der Waals surface area contributed by atoms with E-state index in [1.807, 2.05) is 69.3 Å². The van der Waals surface area contributed by atoms with Crippen molar-refractivity contribution in [2.75, 3.05) is 18.9 Å². The number of pyridine rings is 1. The molecule has 2 aromatic carbocycles. The molecule has 0 spiro atoms. The van der Waals surface area contributed by atoms with Gasteiger partial charge in [-0.2, -0.15) is 0 Å². The van der Waals surface area contributed by atoms with Gasteiger partial charge in [0.1, 0.15) is 0 Å². The Morgan fingerprint density at radius 1 is 0.963 bits per heavy atom. The van der Waals surface area contributed by atoms with Gasteiger partial charge in [0.25, 0.3) is 5.91 Å². The molecule has 5 nitrogen and oxygen atoms in total. The molecule has 1 N–H and O–H groups in total. The van der Waals surface area contributed by atoms with Gasteiger partial charge in [0.15, 0.2) is 0 Å². The second-order valence-electron chi connectivity index (χ2n) is 6.89. The Bertz CT molecular complexity index is 1010. The summed E-state index contributed by atoms with van der Waals surface area (Å²) in [6, 6.07) is 15.3. The molecule has 2 amide bonds. The third kappa shape index (κ3) is 4.31. The molecule has 0 fully saturated rings. The molecule has 3 rings (SSSR count). The highest BCUT2D eigenvalue weighted by Crippen LogP contribution is 2.19. The number of carbonyl (C=O) groups excluding carboxylic acids is 2. The zero-order valence-corrected chi connectivity index (χ0v) is 16.0. The first-order valence-corrected chi connectivity index (χ1v) is 8.83. The predicted octanol–water partition coefficient (Wildman–Crippen LogP) is 3.87. The van der Waals surface area contributed by atoms with Crippen molar-refractivity contribution in [1.82, 2.24) is 9.88 Å². The topological polar surface area (TPSA) is 62.3 Å². The van der Waals surface area contributed by atoms with Crippen LogP contribution in [0.4, 0.5) is 5.69 Å². The summed E-state index contributed by atoms with van der Waals surface area (Å²) >= 11 is 0. The summed E-state index contributed by atoms with van der Waals surface area (Å²) in [6.07, 6.45) is 0. The number of fused-ring (bicyclic) bond motifs is 1. The molecule has 5 heteroatoms. The first-order valence-electron chi connectivity index (χ1n) is 8.83. The van der Waals surface area contributed by atoms with Crippen LogP contribution in [0, 0.1) is 20.8 Å². The van der Waals surface area contributed by atoms with E-state index in [0.717, 1.165) is 22.0 Å². The van der Waals surface area contributed by atoms with E-state index in [0.29, 0.717) is 16.9 Å². The van der Waals surface area contributed by atoms with E-state index in [4.69, 9.17) is 0 Å². The van der Waals surface area contributed by atoms with Crippen molar-refractivity contribution in [3.8, 4) is 0 Å². The van der Waals surface area contributed by atoms with Crippen molar-refractivity contribution in [3.63, 3.8) is 0 Å². The highest BCUT2D eigenvalue weighted by atomic mass is 16.2. The number of aryl methyl sites for hydroxylation is 3. The predicted molar refractivity (Wildman–Crippen MR) is 108 cm³/mol. The zero-order chi connectivity index (χ0) is 19.6. The van der Waals surface area contributed by atoms with Crippen LogP contribution in [0.2, 0.25) is 0 Å². The van der Waals surface area contributed by atoms with Crippen molar-refractivity contribution < 1.29 is 9.59 Å². The molecule has 1 aromatic heterocycles. The fourth-order valence-electron chi connectivity index (χ4n) is 2.94. The summed E-state index contributed by atoms with van der Waals surface area (Å²) in [7, 11) is 1.62. The van der Waals surface area contributed by atoms with Crippen LogP contribution in [0.15, 0.2) is 48.5 Å². The Balaban J connectivity index is 1.74. The zero-order valence-electron chi connectivity index (χ0n) is 16.0. The van der Waals surface area contributed by atoms with Crippen LogP contribution in [0.1, 0.15) is 27.2 Å². The van der Waals surface area contributed by atoms with Crippen LogP contribution in [-0.4, -0.2) is 35.3 Å². The number of carbonyl (C=O) groups is 2. The minimum Gasteiger partial charge on any atom is -0.332 e. The van der Waals surface area contributed by atoms with Crippen molar-refractivity contribution in [1.29, 1.82) is 0 Å². The van der Waals surface area contributed by atoms with E-state index in [9.17, 15) is 9.59 Å². The van der Waals surface area contributed by atoms with Gasteiger partial charge in [-0.3, -0.25) is 14.6 Å². The van der Waals surface area contributed by atoms with Crippen LogP contribution in [-0.2, 0) is 4.79 Å². The van der Waals surface area contributed by atoms with Crippen molar-refractivity contribution >= 4 is 28.4 Å². The van der Waals surface area contributed by atoms with Gasteiger partial charge >= 0.3 is 0 Å². The molecule has 0 atom stereocenters. The minimum atomic E-state index is -0.239. The van der Waals surface area contributed by atoms with Gasteiger partial charge in [-0.1, -0.05) is 29.3 Å². The molecule has 0 aliphatic heterocycles. The number of nitrogens with zero attached hydrogens (tertiary/aromatic N) is 2. The van der Waals surface area contributed by atoms with Crippen LogP contribution in [0.5, 0.6) is 0 Å². The lowest BCUT2D eigenvalue weighted by atomic mass is 10.1. The number of aromatic nitrogens is 1. The molecule has 27 heavy (non-hydrogen) atoms. The lowest BCUT2D eigenvalue weighted by molar-refractivity contribution is -0.116. The Kier molecular flexibility index (Phi) is 5.21. The molecule has 3 aromatic rings. The third-order valence-electron chi connectivity index (χ3n) is 4.45. The van der Waals surface area contributed by atoms with E-state index in [1.165, 1.54) is 4.90 Å². The molecule has 0 unspecified atom stereocenters. The highest BCUT2D eigenvalue weighted by molar-refractivity contribution is 6.01. The molecule has 0 radical (unpaired) electrons. The number of likely N-dealkylation sites (N-methyl/N-ethyl adjacent to an activating group) is 1. The van der Waals surface area contributed by atoms with Crippen molar-refractivity contribution in [2.24, 2.45) is 0 Å². The lowest BCUT2D eigenvalue weighted by Gasteiger charge is -2.18. The van der Waals surface area contributed by atoms with Gasteiger partial charge in [0, 0.05) is 18.1 Å². The molecule has 138 valence electrons. The maximum absolute atomic E-state index is 12.8. The average molecular weight is 361 g/mol. The smallest absolute Gasteiger partial charge is 0.255 e. The van der Waals surface area contributed by atoms with Gasteiger partial charge in [0.2, 0.25) is 5.91 Å². The number of anilines is 1. The van der Waals surface area contributed by atoms with Gasteiger partial charge < -0.3 is 10.2 Å². The van der Waals surface area contributed by atoms with Crippen LogP contribution in [0.3, 0.4) is 0 Å². The standard InChI is InChI=1S/C22H23N3O2/c1-14-5-8-18(9-6-14)24-21(26)13-25(4)22(27)19-12-17-11-15(2)7-10-20(17)23-16(19)3/h5-12H,13H2,1-4H3,(H,24,26). The van der Waals surface area contributed by atoms with E-state index in [2.05, 4.69) is 10.3 Å². The first-order chi connectivity index (χ1) is 12.8. The monoisotopic (exact) mass is 361 g/mol. The molecule has 0 saturated carbocycles. The normalized spacial score (nSPS) is 10.7. The number of rotatable bonds is 4. The molecule has 0 bridgehead atoms. The average Bonchev–Trinajstić information content (AvgIpc) is 2.62. The number of nitrogens with one attached hydrogen (secondary N) is 1. The summed E-state index contributed by atoms with van der Waals surface area (Å²) in [5.41, 5.74) is 4.97. The van der Waals surface area contributed by atoms with Gasteiger partial charge in [0.05, 0.1) is 23.3 Å². The fraction of sp³-hybridized carbons (Fsp3) is 0.227. The maximum atomic E-state index is 12.8. The number of hydrogen-bond donors (Lipinski definition) is 1. The molecular formula is C22H23N3O2. The van der Waals surface area contributed by atoms with Gasteiger partial charge in [-0.25, -0.2) is 0 Å². The summed E-state index contributed by atoms with van der Waals surface area (Å²) in [6.45, 7) is 5.77. The Labute approximate surface area is 159 Å². The SMILES string of the molecule is Cc1ccc(NC(=O)CN(C)C(=O)c2cc3cc(C)ccc3nc2C)cc1. The largest absolute Gasteiger partial charge is 0.332 e. The number of hydrogen-bond acceptors (Lipinski definition) is 3. The maximum Gasteiger partial charge on any atom is 0.255 e. The molecule has 0 saturated heterocycles. The molecule has 1 heterocycles. The molecule has 0 aliphatic carbocycles. The van der Waals surface area contributed by atoms with Crippen LogP contribution < -0.4 is 5.32 Å². The highest BCUT2D eigenvalue weighted by Gasteiger charge is 2.18. The summed E-state index contributed by atoms with van der Waals surface area (Å²) in [4.78, 5) is 31.0. The first kappa shape index (κ1) is 18.6. The van der Waals surface area contributed by atoms with Crippen molar-refractivity contribution in [3.05, 3.63) is 70.9 Å². The number of benzene rings is 2. The lowest BCUT2D eigenvalue weighted by Crippen LogP contribution is -2.35. The summed E-state index contributed by atoms with van der Waals surface area (Å²) in [5, 5.41) is 3.73. The summed E-state index contributed by atoms with van der Waals surface area (Å²) in [5.74, 6) is -0.459.